The summed E-state index contributed by atoms with van der Waals surface area (Å²) in [4.78, 5) is 0. The van der Waals surface area contributed by atoms with Gasteiger partial charge < -0.3 is 20.5 Å². The van der Waals surface area contributed by atoms with Crippen molar-refractivity contribution >= 4 is 0 Å². The molecule has 0 bridgehead atoms. The van der Waals surface area contributed by atoms with Crippen LogP contribution >= 0.6 is 0 Å². The molecule has 0 saturated heterocycles. The lowest BCUT2D eigenvalue weighted by Gasteiger charge is -2.27. The zero-order valence-electron chi connectivity index (χ0n) is 7.28. The Morgan fingerprint density at radius 1 is 1.00 bits per heavy atom. The molecule has 0 aliphatic rings. The Hall–Kier alpha value is -1.26. The molecule has 4 nitrogen and oxygen atoms in total. The van der Waals surface area contributed by atoms with E-state index in [4.69, 9.17) is 0 Å². The molecule has 0 aromatic carbocycles. The lowest BCUT2D eigenvalue weighted by atomic mass is 10.3. The maximum atomic E-state index is 10.6. The molecule has 0 unspecified atom stereocenters. The predicted molar refractivity (Wildman–Crippen MR) is 49.7 cm³/mol. The molecular weight excluding hydrogens is 156 g/mol. The van der Waals surface area contributed by atoms with E-state index >= 15 is 0 Å². The fourth-order valence-electron chi connectivity index (χ4n) is 0.402. The third kappa shape index (κ3) is 3.80. The highest BCUT2D eigenvalue weighted by Gasteiger charge is 1.86. The summed E-state index contributed by atoms with van der Waals surface area (Å²) in [6, 6.07) is 0. The van der Waals surface area contributed by atoms with Crippen molar-refractivity contribution in [2.24, 2.45) is 0 Å². The van der Waals surface area contributed by atoms with E-state index in [1.165, 1.54) is 26.2 Å². The highest BCUT2D eigenvalue weighted by Crippen LogP contribution is 2.02. The molecule has 0 aliphatic heterocycles. The van der Waals surface area contributed by atoms with Crippen LogP contribution in [0.4, 0.5) is 0 Å². The van der Waals surface area contributed by atoms with Crippen molar-refractivity contribution < 1.29 is 0 Å². The van der Waals surface area contributed by atoms with E-state index in [0.29, 0.717) is 10.1 Å². The Bertz CT molecular complexity index is 185. The summed E-state index contributed by atoms with van der Waals surface area (Å²) in [5.41, 5.74) is 0.552. The van der Waals surface area contributed by atoms with Crippen LogP contribution in [-0.2, 0) is 0 Å². The van der Waals surface area contributed by atoms with Crippen LogP contribution in [0.2, 0.25) is 0 Å². The van der Waals surface area contributed by atoms with E-state index in [0.717, 1.165) is 0 Å². The van der Waals surface area contributed by atoms with Gasteiger partial charge in [-0.15, -0.1) is 0 Å². The largest absolute Gasteiger partial charge is 0.758 e. The number of nitrogens with zero attached hydrogens (tertiary/aromatic N) is 2. The van der Waals surface area contributed by atoms with Crippen LogP contribution in [0.5, 0.6) is 0 Å². The zero-order valence-corrected chi connectivity index (χ0v) is 7.28. The minimum absolute atomic E-state index is 0.276. The van der Waals surface area contributed by atoms with Crippen molar-refractivity contribution in [2.45, 2.75) is 0 Å². The van der Waals surface area contributed by atoms with Gasteiger partial charge in [-0.25, -0.2) is 0 Å². The first-order valence-electron chi connectivity index (χ1n) is 3.32. The van der Waals surface area contributed by atoms with Crippen molar-refractivity contribution in [1.29, 1.82) is 0 Å². The van der Waals surface area contributed by atoms with E-state index in [-0.39, 0.29) is 11.4 Å². The van der Waals surface area contributed by atoms with E-state index in [1.54, 1.807) is 0 Å². The first-order valence-corrected chi connectivity index (χ1v) is 3.32. The lowest BCUT2D eigenvalue weighted by Crippen LogP contribution is -2.07. The molecule has 0 amide bonds. The molecule has 12 heavy (non-hydrogen) atoms. The number of hydrogen-bond acceptors (Lipinski definition) is 4. The second kappa shape index (κ2) is 4.58. The summed E-state index contributed by atoms with van der Waals surface area (Å²) >= 11 is 0. The van der Waals surface area contributed by atoms with Gasteiger partial charge in [0.25, 0.3) is 0 Å². The number of hydroxylamine groups is 4. The molecule has 0 spiro atoms. The average molecular weight is 168 g/mol. The van der Waals surface area contributed by atoms with Gasteiger partial charge in [-0.1, -0.05) is 13.2 Å². The Kier molecular flexibility index (Phi) is 4.10. The topological polar surface area (TPSA) is 52.6 Å². The van der Waals surface area contributed by atoms with Crippen molar-refractivity contribution in [1.82, 2.24) is 10.1 Å². The summed E-state index contributed by atoms with van der Waals surface area (Å²) in [6.45, 7) is 6.90. The quantitative estimate of drug-likeness (QED) is 0.470. The molecule has 68 valence electrons. The Morgan fingerprint density at radius 3 is 1.42 bits per heavy atom. The molecule has 0 heterocycles. The molecule has 0 aliphatic carbocycles. The van der Waals surface area contributed by atoms with Crippen molar-refractivity contribution in [3.05, 3.63) is 47.1 Å². The molecule has 0 saturated carbocycles. The van der Waals surface area contributed by atoms with Crippen molar-refractivity contribution in [3.63, 3.8) is 0 Å². The maximum Gasteiger partial charge on any atom is 0.0184 e. The number of rotatable bonds is 4. The first kappa shape index (κ1) is 10.7. The van der Waals surface area contributed by atoms with Crippen LogP contribution in [0.3, 0.4) is 0 Å². The van der Waals surface area contributed by atoms with E-state index in [1.807, 2.05) is 0 Å². The predicted octanol–water partition coefficient (Wildman–Crippen LogP) is 1.43. The summed E-state index contributed by atoms with van der Waals surface area (Å²) in [5, 5.41) is 22.4. The molecule has 0 radical (unpaired) electrons. The monoisotopic (exact) mass is 168 g/mol. The van der Waals surface area contributed by atoms with Crippen LogP contribution in [0.15, 0.2) is 36.7 Å². The van der Waals surface area contributed by atoms with Gasteiger partial charge in [-0.3, -0.25) is 0 Å². The average Bonchev–Trinajstić information content (AvgIpc) is 1.98. The number of likely N-dealkylation sites (N-methyl/N-ethyl adjacent to an activating group) is 2. The van der Waals surface area contributed by atoms with Crippen molar-refractivity contribution in [3.8, 4) is 0 Å². The van der Waals surface area contributed by atoms with Crippen molar-refractivity contribution in [2.75, 3.05) is 14.1 Å². The van der Waals surface area contributed by atoms with Gasteiger partial charge in [-0.2, -0.15) is 0 Å². The van der Waals surface area contributed by atoms with E-state index in [9.17, 15) is 10.4 Å². The van der Waals surface area contributed by atoms with Crippen LogP contribution in [0, 0.1) is 10.4 Å². The Morgan fingerprint density at radius 2 is 1.25 bits per heavy atom. The summed E-state index contributed by atoms with van der Waals surface area (Å²) in [5.74, 6) is 0. The maximum absolute atomic E-state index is 10.6. The van der Waals surface area contributed by atoms with Gasteiger partial charge in [0.2, 0.25) is 0 Å². The SMILES string of the molecule is C=C(/C=C\C(=C)N(C)[O-])N(C)[O-]. The lowest BCUT2D eigenvalue weighted by molar-refractivity contribution is 0.586. The molecule has 4 heteroatoms. The minimum Gasteiger partial charge on any atom is -0.758 e. The standard InChI is InChI=1S/C8H12N2O2/c1-7(9(3)11)5-6-8(2)10(4)12/h5-6H,1-2H2,3-4H3/q-2/b6-5-. The summed E-state index contributed by atoms with van der Waals surface area (Å²) < 4.78 is 0. The molecule has 0 fully saturated rings. The van der Waals surface area contributed by atoms with Gasteiger partial charge >= 0.3 is 0 Å². The smallest absolute Gasteiger partial charge is 0.0184 e. The highest BCUT2D eigenvalue weighted by molar-refractivity contribution is 5.22. The molecule has 0 atom stereocenters. The second-order valence-corrected chi connectivity index (χ2v) is 2.31. The minimum atomic E-state index is 0.276. The van der Waals surface area contributed by atoms with Gasteiger partial charge in [0.1, 0.15) is 0 Å². The van der Waals surface area contributed by atoms with Gasteiger partial charge in [0, 0.05) is 11.4 Å². The zero-order chi connectivity index (χ0) is 9.72. The molecule has 0 N–H and O–H groups in total. The fraction of sp³-hybridized carbons (Fsp3) is 0.250. The Balaban J connectivity index is 4.08. The third-order valence-electron chi connectivity index (χ3n) is 1.28. The summed E-state index contributed by atoms with van der Waals surface area (Å²) in [6.07, 6.45) is 2.87. The van der Waals surface area contributed by atoms with Crippen LogP contribution in [-0.4, -0.2) is 24.2 Å². The fourth-order valence-corrected chi connectivity index (χ4v) is 0.402. The van der Waals surface area contributed by atoms with Crippen LogP contribution in [0.25, 0.3) is 0 Å². The van der Waals surface area contributed by atoms with Gasteiger partial charge in [0.05, 0.1) is 0 Å². The third-order valence-corrected chi connectivity index (χ3v) is 1.28. The summed E-state index contributed by atoms with van der Waals surface area (Å²) in [7, 11) is 2.66. The number of allylic oxidation sites excluding steroid dienone is 2. The molecule has 0 aromatic heterocycles. The van der Waals surface area contributed by atoms with E-state index in [2.05, 4.69) is 13.2 Å². The van der Waals surface area contributed by atoms with E-state index < -0.39 is 0 Å². The molecular formula is C8H12N2O2-2. The highest BCUT2D eigenvalue weighted by atomic mass is 16.5. The van der Waals surface area contributed by atoms with Gasteiger partial charge in [0.15, 0.2) is 0 Å². The molecule has 0 aromatic rings. The molecule has 0 rings (SSSR count). The first-order chi connectivity index (χ1) is 5.45. The Labute approximate surface area is 72.2 Å². The van der Waals surface area contributed by atoms with Crippen LogP contribution < -0.4 is 0 Å². The van der Waals surface area contributed by atoms with Gasteiger partial charge in [-0.05, 0) is 26.2 Å². The van der Waals surface area contributed by atoms with Crippen LogP contribution in [0.1, 0.15) is 0 Å². The normalized spacial score (nSPS) is 10.0. The second-order valence-electron chi connectivity index (χ2n) is 2.31. The number of hydrogen-bond donors (Lipinski definition) is 0.